The highest BCUT2D eigenvalue weighted by Gasteiger charge is 2.21. The van der Waals surface area contributed by atoms with Crippen LogP contribution in [-0.2, 0) is 16.4 Å². The number of nitrogens with one attached hydrogen (secondary N) is 1. The summed E-state index contributed by atoms with van der Waals surface area (Å²) >= 11 is 1.32. The third-order valence-electron chi connectivity index (χ3n) is 4.85. The Bertz CT molecular complexity index is 1180. The van der Waals surface area contributed by atoms with Gasteiger partial charge in [-0.25, -0.2) is 17.7 Å². The molecule has 3 rings (SSSR count). The summed E-state index contributed by atoms with van der Waals surface area (Å²) in [4.78, 5) is 18.1. The summed E-state index contributed by atoms with van der Waals surface area (Å²) in [7, 11) is -0.640. The molecule has 30 heavy (non-hydrogen) atoms. The molecule has 1 heterocycles. The van der Waals surface area contributed by atoms with Crippen LogP contribution in [0.25, 0.3) is 10.6 Å². The van der Waals surface area contributed by atoms with Crippen molar-refractivity contribution in [2.75, 3.05) is 19.4 Å². The third kappa shape index (κ3) is 4.45. The molecule has 0 radical (unpaired) electrons. The highest BCUT2D eigenvalue weighted by Crippen LogP contribution is 2.30. The number of benzene rings is 2. The Balaban J connectivity index is 1.89. The smallest absolute Gasteiger partial charge is 0.267 e. The van der Waals surface area contributed by atoms with Crippen molar-refractivity contribution < 1.29 is 13.2 Å². The average molecular weight is 444 g/mol. The molecule has 2 aromatic carbocycles. The SMILES string of the molecule is CCc1ccc(-c2nc(C)c(C(=O)Nc3cc(S(=O)(=O)N(C)C)ccc3C)s2)cc1. The fourth-order valence-corrected chi connectivity index (χ4v) is 4.80. The molecule has 0 unspecified atom stereocenters. The second kappa shape index (κ2) is 8.67. The topological polar surface area (TPSA) is 79.4 Å². The molecular formula is C22H25N3O3S2. The van der Waals surface area contributed by atoms with Gasteiger partial charge in [-0.05, 0) is 43.5 Å². The number of hydrogen-bond acceptors (Lipinski definition) is 5. The summed E-state index contributed by atoms with van der Waals surface area (Å²) in [6.45, 7) is 5.72. The molecule has 1 amide bonds. The first kappa shape index (κ1) is 22.1. The predicted octanol–water partition coefficient (Wildman–Crippen LogP) is 4.49. The molecule has 0 aliphatic rings. The Morgan fingerprint density at radius 2 is 1.77 bits per heavy atom. The van der Waals surface area contributed by atoms with Crippen LogP contribution in [0.1, 0.15) is 33.4 Å². The molecule has 6 nitrogen and oxygen atoms in total. The van der Waals surface area contributed by atoms with Crippen LogP contribution < -0.4 is 5.32 Å². The van der Waals surface area contributed by atoms with Crippen molar-refractivity contribution in [2.24, 2.45) is 0 Å². The van der Waals surface area contributed by atoms with E-state index in [1.165, 1.54) is 43.1 Å². The Morgan fingerprint density at radius 1 is 1.10 bits per heavy atom. The maximum atomic E-state index is 12.9. The maximum Gasteiger partial charge on any atom is 0.267 e. The van der Waals surface area contributed by atoms with Crippen LogP contribution in [0.15, 0.2) is 47.4 Å². The van der Waals surface area contributed by atoms with Gasteiger partial charge in [0.2, 0.25) is 10.0 Å². The quantitative estimate of drug-likeness (QED) is 0.609. The van der Waals surface area contributed by atoms with Crippen LogP contribution in [0.3, 0.4) is 0 Å². The van der Waals surface area contributed by atoms with Crippen molar-refractivity contribution in [1.82, 2.24) is 9.29 Å². The average Bonchev–Trinajstić information content (AvgIpc) is 3.11. The molecule has 0 saturated heterocycles. The zero-order valence-electron chi connectivity index (χ0n) is 17.7. The third-order valence-corrected chi connectivity index (χ3v) is 7.86. The largest absolute Gasteiger partial charge is 0.321 e. The van der Waals surface area contributed by atoms with E-state index in [4.69, 9.17) is 0 Å². The van der Waals surface area contributed by atoms with Crippen molar-refractivity contribution in [1.29, 1.82) is 0 Å². The van der Waals surface area contributed by atoms with Gasteiger partial charge in [-0.3, -0.25) is 4.79 Å². The molecule has 0 aliphatic heterocycles. The molecule has 1 N–H and O–H groups in total. The van der Waals surface area contributed by atoms with Gasteiger partial charge in [0.1, 0.15) is 9.88 Å². The summed E-state index contributed by atoms with van der Waals surface area (Å²) < 4.78 is 26.0. The highest BCUT2D eigenvalue weighted by atomic mass is 32.2. The Morgan fingerprint density at radius 3 is 2.37 bits per heavy atom. The number of hydrogen-bond donors (Lipinski definition) is 1. The monoisotopic (exact) mass is 443 g/mol. The number of nitrogens with zero attached hydrogens (tertiary/aromatic N) is 2. The van der Waals surface area contributed by atoms with Gasteiger partial charge in [0.05, 0.1) is 10.6 Å². The summed E-state index contributed by atoms with van der Waals surface area (Å²) in [6, 6.07) is 12.9. The number of anilines is 1. The number of aryl methyl sites for hydroxylation is 3. The molecule has 8 heteroatoms. The predicted molar refractivity (Wildman–Crippen MR) is 122 cm³/mol. The van der Waals surface area contributed by atoms with Gasteiger partial charge >= 0.3 is 0 Å². The zero-order valence-corrected chi connectivity index (χ0v) is 19.3. The summed E-state index contributed by atoms with van der Waals surface area (Å²) in [5, 5.41) is 3.63. The number of thiazole rings is 1. The van der Waals surface area contributed by atoms with Crippen molar-refractivity contribution in [3.05, 3.63) is 64.2 Å². The first-order chi connectivity index (χ1) is 14.1. The van der Waals surface area contributed by atoms with Crippen LogP contribution in [0, 0.1) is 13.8 Å². The molecule has 158 valence electrons. The van der Waals surface area contributed by atoms with E-state index in [0.29, 0.717) is 16.3 Å². The van der Waals surface area contributed by atoms with E-state index in [-0.39, 0.29) is 10.8 Å². The lowest BCUT2D eigenvalue weighted by Crippen LogP contribution is -2.22. The minimum atomic E-state index is -3.59. The number of amides is 1. The van der Waals surface area contributed by atoms with Gasteiger partial charge in [-0.1, -0.05) is 37.3 Å². The number of aromatic nitrogens is 1. The van der Waals surface area contributed by atoms with E-state index >= 15 is 0 Å². The van der Waals surface area contributed by atoms with Gasteiger partial charge in [0.15, 0.2) is 0 Å². The van der Waals surface area contributed by atoms with E-state index in [9.17, 15) is 13.2 Å². The van der Waals surface area contributed by atoms with Crippen LogP contribution >= 0.6 is 11.3 Å². The van der Waals surface area contributed by atoms with Gasteiger partial charge in [0.25, 0.3) is 5.91 Å². The number of sulfonamides is 1. The summed E-state index contributed by atoms with van der Waals surface area (Å²) in [5.41, 5.74) is 4.09. The molecule has 0 fully saturated rings. The fourth-order valence-electron chi connectivity index (χ4n) is 2.90. The molecule has 3 aromatic rings. The standard InChI is InChI=1S/C22H25N3O3S2/c1-6-16-8-10-17(11-9-16)22-23-15(3)20(29-22)21(26)24-19-13-18(12-7-14(19)2)30(27,28)25(4)5/h7-13H,6H2,1-5H3,(H,24,26). The van der Waals surface area contributed by atoms with E-state index in [0.717, 1.165) is 26.9 Å². The van der Waals surface area contributed by atoms with E-state index < -0.39 is 10.0 Å². The number of carbonyl (C=O) groups is 1. The van der Waals surface area contributed by atoms with E-state index in [1.54, 1.807) is 13.0 Å². The van der Waals surface area contributed by atoms with E-state index in [2.05, 4.69) is 29.4 Å². The molecular weight excluding hydrogens is 418 g/mol. The van der Waals surface area contributed by atoms with Crippen molar-refractivity contribution in [2.45, 2.75) is 32.1 Å². The lowest BCUT2D eigenvalue weighted by atomic mass is 10.1. The van der Waals surface area contributed by atoms with Gasteiger partial charge < -0.3 is 5.32 Å². The maximum absolute atomic E-state index is 12.9. The fraction of sp³-hybridized carbons (Fsp3) is 0.273. The second-order valence-corrected chi connectivity index (χ2v) is 10.4. The van der Waals surface area contributed by atoms with Crippen LogP contribution in [0.2, 0.25) is 0 Å². The van der Waals surface area contributed by atoms with Gasteiger partial charge in [0, 0.05) is 25.3 Å². The first-order valence-corrected chi connectivity index (χ1v) is 11.8. The van der Waals surface area contributed by atoms with Crippen molar-refractivity contribution in [3.63, 3.8) is 0 Å². The minimum absolute atomic E-state index is 0.131. The van der Waals surface area contributed by atoms with Crippen molar-refractivity contribution in [3.8, 4) is 10.6 Å². The number of rotatable bonds is 6. The van der Waals surface area contributed by atoms with Crippen LogP contribution in [0.4, 0.5) is 5.69 Å². The van der Waals surface area contributed by atoms with Crippen LogP contribution in [-0.4, -0.2) is 37.7 Å². The minimum Gasteiger partial charge on any atom is -0.321 e. The summed E-state index contributed by atoms with van der Waals surface area (Å²) in [6.07, 6.45) is 0.965. The molecule has 1 aromatic heterocycles. The molecule has 0 aliphatic carbocycles. The van der Waals surface area contributed by atoms with Gasteiger partial charge in [-0.15, -0.1) is 11.3 Å². The normalized spacial score (nSPS) is 11.7. The Kier molecular flexibility index (Phi) is 6.40. The second-order valence-electron chi connectivity index (χ2n) is 7.20. The molecule has 0 spiro atoms. The molecule has 0 bridgehead atoms. The lowest BCUT2D eigenvalue weighted by Gasteiger charge is -2.14. The zero-order chi connectivity index (χ0) is 22.1. The molecule has 0 saturated carbocycles. The first-order valence-electron chi connectivity index (χ1n) is 9.54. The number of carbonyl (C=O) groups excluding carboxylic acids is 1. The summed E-state index contributed by atoms with van der Waals surface area (Å²) in [5.74, 6) is -0.302. The van der Waals surface area contributed by atoms with Crippen LogP contribution in [0.5, 0.6) is 0 Å². The van der Waals surface area contributed by atoms with Crippen molar-refractivity contribution >= 4 is 33.0 Å². The lowest BCUT2D eigenvalue weighted by molar-refractivity contribution is 0.102. The van der Waals surface area contributed by atoms with E-state index in [1.807, 2.05) is 19.1 Å². The Hall–Kier alpha value is -2.55. The molecule has 0 atom stereocenters. The van der Waals surface area contributed by atoms with Gasteiger partial charge in [-0.2, -0.15) is 0 Å². The highest BCUT2D eigenvalue weighted by molar-refractivity contribution is 7.89. The Labute approximate surface area is 181 Å².